The van der Waals surface area contributed by atoms with Gasteiger partial charge in [0.15, 0.2) is 5.69 Å². The molecule has 0 spiro atoms. The van der Waals surface area contributed by atoms with Gasteiger partial charge in [-0.2, -0.15) is 5.10 Å². The molecule has 0 atom stereocenters. The number of halogens is 2. The monoisotopic (exact) mass is 284 g/mol. The fourth-order valence-corrected chi connectivity index (χ4v) is 1.89. The number of aromatic nitrogens is 2. The zero-order valence-electron chi connectivity index (χ0n) is 10.1. The standard InChI is InChI=1S/C12H10ClFN2O3/c1-16-9(5-8(15-16)12(17)18)6-3-7(14)11(13)10(4-6)19-2/h3-5H,1-2H3,(H,17,18). The van der Waals surface area contributed by atoms with E-state index in [1.807, 2.05) is 0 Å². The van der Waals surface area contributed by atoms with E-state index in [4.69, 9.17) is 21.4 Å². The van der Waals surface area contributed by atoms with E-state index in [-0.39, 0.29) is 16.5 Å². The number of hydrogen-bond acceptors (Lipinski definition) is 3. The Morgan fingerprint density at radius 1 is 1.47 bits per heavy atom. The summed E-state index contributed by atoms with van der Waals surface area (Å²) in [6, 6.07) is 4.08. The van der Waals surface area contributed by atoms with Gasteiger partial charge in [-0.25, -0.2) is 9.18 Å². The van der Waals surface area contributed by atoms with Crippen LogP contribution in [0.4, 0.5) is 4.39 Å². The fourth-order valence-electron chi connectivity index (χ4n) is 1.70. The van der Waals surface area contributed by atoms with Crippen molar-refractivity contribution in [2.45, 2.75) is 0 Å². The van der Waals surface area contributed by atoms with Gasteiger partial charge in [-0.05, 0) is 18.2 Å². The second-order valence-corrected chi connectivity index (χ2v) is 4.20. The van der Waals surface area contributed by atoms with Crippen molar-refractivity contribution in [2.75, 3.05) is 7.11 Å². The van der Waals surface area contributed by atoms with Crippen LogP contribution >= 0.6 is 11.6 Å². The largest absolute Gasteiger partial charge is 0.495 e. The summed E-state index contributed by atoms with van der Waals surface area (Å²) in [4.78, 5) is 10.8. The summed E-state index contributed by atoms with van der Waals surface area (Å²) in [5.74, 6) is -1.62. The SMILES string of the molecule is COc1cc(-c2cc(C(=O)O)nn2C)cc(F)c1Cl. The first-order valence-electron chi connectivity index (χ1n) is 5.24. The second kappa shape index (κ2) is 4.89. The maximum atomic E-state index is 13.7. The van der Waals surface area contributed by atoms with Crippen molar-refractivity contribution in [2.24, 2.45) is 7.05 Å². The van der Waals surface area contributed by atoms with Crippen LogP contribution < -0.4 is 4.74 Å². The molecule has 7 heteroatoms. The van der Waals surface area contributed by atoms with Crippen LogP contribution in [-0.4, -0.2) is 28.0 Å². The molecule has 19 heavy (non-hydrogen) atoms. The zero-order chi connectivity index (χ0) is 14.2. The number of benzene rings is 1. The summed E-state index contributed by atoms with van der Waals surface area (Å²) < 4.78 is 20.0. The molecule has 5 nitrogen and oxygen atoms in total. The van der Waals surface area contributed by atoms with Gasteiger partial charge in [-0.1, -0.05) is 11.6 Å². The zero-order valence-corrected chi connectivity index (χ0v) is 10.9. The van der Waals surface area contributed by atoms with Crippen LogP contribution in [0.15, 0.2) is 18.2 Å². The molecule has 0 saturated heterocycles. The van der Waals surface area contributed by atoms with Crippen LogP contribution in [0.3, 0.4) is 0 Å². The van der Waals surface area contributed by atoms with E-state index in [1.54, 1.807) is 7.05 Å². The van der Waals surface area contributed by atoms with Crippen molar-refractivity contribution < 1.29 is 19.0 Å². The van der Waals surface area contributed by atoms with Gasteiger partial charge in [-0.15, -0.1) is 0 Å². The molecule has 0 radical (unpaired) electrons. The lowest BCUT2D eigenvalue weighted by molar-refractivity contribution is 0.0689. The van der Waals surface area contributed by atoms with Crippen molar-refractivity contribution in [1.29, 1.82) is 0 Å². The molecule has 1 aromatic carbocycles. The third kappa shape index (κ3) is 2.39. The lowest BCUT2D eigenvalue weighted by Gasteiger charge is -2.08. The molecule has 0 aliphatic heterocycles. The highest BCUT2D eigenvalue weighted by atomic mass is 35.5. The number of carboxylic acid groups (broad SMARTS) is 1. The van der Waals surface area contributed by atoms with Crippen LogP contribution in [-0.2, 0) is 7.05 Å². The summed E-state index contributed by atoms with van der Waals surface area (Å²) in [6.07, 6.45) is 0. The van der Waals surface area contributed by atoms with E-state index in [9.17, 15) is 9.18 Å². The number of carboxylic acids is 1. The van der Waals surface area contributed by atoms with Gasteiger partial charge in [0.2, 0.25) is 0 Å². The van der Waals surface area contributed by atoms with Crippen LogP contribution in [0.2, 0.25) is 5.02 Å². The Morgan fingerprint density at radius 3 is 2.68 bits per heavy atom. The Labute approximate surface area is 113 Å². The van der Waals surface area contributed by atoms with E-state index in [0.717, 1.165) is 0 Å². The average molecular weight is 285 g/mol. The predicted molar refractivity (Wildman–Crippen MR) is 67.1 cm³/mol. The maximum absolute atomic E-state index is 13.7. The Balaban J connectivity index is 2.59. The topological polar surface area (TPSA) is 64.3 Å². The van der Waals surface area contributed by atoms with Crippen molar-refractivity contribution in [3.63, 3.8) is 0 Å². The van der Waals surface area contributed by atoms with Gasteiger partial charge in [0.25, 0.3) is 0 Å². The molecule has 0 aliphatic carbocycles. The summed E-state index contributed by atoms with van der Waals surface area (Å²) >= 11 is 5.73. The van der Waals surface area contributed by atoms with Gasteiger partial charge < -0.3 is 9.84 Å². The van der Waals surface area contributed by atoms with E-state index in [0.29, 0.717) is 11.3 Å². The lowest BCUT2D eigenvalue weighted by Crippen LogP contribution is -1.99. The van der Waals surface area contributed by atoms with Crippen LogP contribution in [0.5, 0.6) is 5.75 Å². The molecule has 0 bridgehead atoms. The minimum absolute atomic E-state index is 0.119. The summed E-state index contributed by atoms with van der Waals surface area (Å²) in [6.45, 7) is 0. The number of aromatic carboxylic acids is 1. The second-order valence-electron chi connectivity index (χ2n) is 3.82. The van der Waals surface area contributed by atoms with Crippen molar-refractivity contribution >= 4 is 17.6 Å². The number of hydrogen-bond donors (Lipinski definition) is 1. The molecule has 100 valence electrons. The summed E-state index contributed by atoms with van der Waals surface area (Å²) in [5.41, 5.74) is 0.763. The molecule has 1 N–H and O–H groups in total. The van der Waals surface area contributed by atoms with Crippen LogP contribution in [0.1, 0.15) is 10.5 Å². The Bertz CT molecular complexity index is 655. The normalized spacial score (nSPS) is 10.5. The van der Waals surface area contributed by atoms with Gasteiger partial charge in [0.05, 0.1) is 12.8 Å². The Morgan fingerprint density at radius 2 is 2.16 bits per heavy atom. The molecule has 1 aromatic heterocycles. The molecule has 0 aliphatic rings. The molecular formula is C12H10ClFN2O3. The van der Waals surface area contributed by atoms with E-state index >= 15 is 0 Å². The third-order valence-electron chi connectivity index (χ3n) is 2.61. The van der Waals surface area contributed by atoms with Gasteiger partial charge in [0, 0.05) is 12.6 Å². The molecular weight excluding hydrogens is 275 g/mol. The maximum Gasteiger partial charge on any atom is 0.356 e. The number of methoxy groups -OCH3 is 1. The van der Waals surface area contributed by atoms with E-state index in [1.165, 1.54) is 30.0 Å². The van der Waals surface area contributed by atoms with E-state index < -0.39 is 11.8 Å². The first-order chi connectivity index (χ1) is 8.93. The van der Waals surface area contributed by atoms with Crippen molar-refractivity contribution in [3.8, 4) is 17.0 Å². The van der Waals surface area contributed by atoms with Crippen molar-refractivity contribution in [3.05, 3.63) is 34.7 Å². The van der Waals surface area contributed by atoms with Crippen molar-refractivity contribution in [1.82, 2.24) is 9.78 Å². The molecule has 0 unspecified atom stereocenters. The smallest absolute Gasteiger partial charge is 0.356 e. The predicted octanol–water partition coefficient (Wildman–Crippen LogP) is 2.59. The highest BCUT2D eigenvalue weighted by Crippen LogP contribution is 2.33. The van der Waals surface area contributed by atoms with Gasteiger partial charge in [0.1, 0.15) is 16.6 Å². The highest BCUT2D eigenvalue weighted by Gasteiger charge is 2.16. The molecule has 2 rings (SSSR count). The quantitative estimate of drug-likeness (QED) is 0.941. The number of rotatable bonds is 3. The van der Waals surface area contributed by atoms with Crippen LogP contribution in [0.25, 0.3) is 11.3 Å². The highest BCUT2D eigenvalue weighted by molar-refractivity contribution is 6.32. The average Bonchev–Trinajstić information content (AvgIpc) is 2.75. The number of ether oxygens (including phenoxy) is 1. The number of carbonyl (C=O) groups is 1. The minimum atomic E-state index is -1.15. The lowest BCUT2D eigenvalue weighted by atomic mass is 10.1. The molecule has 0 saturated carbocycles. The number of aryl methyl sites for hydroxylation is 1. The van der Waals surface area contributed by atoms with Crippen LogP contribution in [0, 0.1) is 5.82 Å². The first-order valence-corrected chi connectivity index (χ1v) is 5.62. The van der Waals surface area contributed by atoms with E-state index in [2.05, 4.69) is 5.10 Å². The summed E-state index contributed by atoms with van der Waals surface area (Å²) in [7, 11) is 2.94. The first kappa shape index (κ1) is 13.4. The Hall–Kier alpha value is -2.08. The molecule has 0 amide bonds. The summed E-state index contributed by atoms with van der Waals surface area (Å²) in [5, 5.41) is 12.6. The fraction of sp³-hybridized carbons (Fsp3) is 0.167. The van der Waals surface area contributed by atoms with Gasteiger partial charge >= 0.3 is 5.97 Å². The molecule has 1 heterocycles. The van der Waals surface area contributed by atoms with Gasteiger partial charge in [-0.3, -0.25) is 4.68 Å². The number of nitrogens with zero attached hydrogens (tertiary/aromatic N) is 2. The molecule has 0 fully saturated rings. The molecule has 2 aromatic rings. The Kier molecular flexibility index (Phi) is 3.44. The third-order valence-corrected chi connectivity index (χ3v) is 2.98. The minimum Gasteiger partial charge on any atom is -0.495 e.